The van der Waals surface area contributed by atoms with Gasteiger partial charge in [0.1, 0.15) is 0 Å². The molecular weight excluding hydrogens is 330 g/mol. The van der Waals surface area contributed by atoms with Gasteiger partial charge in [-0.05, 0) is 52.8 Å². The summed E-state index contributed by atoms with van der Waals surface area (Å²) in [6.45, 7) is 13.3. The molecule has 1 aliphatic rings. The number of nitrogens with one attached hydrogen (secondary N) is 1. The monoisotopic (exact) mass is 361 g/mol. The Labute approximate surface area is 156 Å². The number of carbonyl (C=O) groups excluding carboxylic acids is 2. The fraction of sp³-hybridized carbons (Fsp3) is 0.600. The largest absolute Gasteiger partial charge is 0.373 e. The molecule has 1 atom stereocenters. The van der Waals surface area contributed by atoms with Gasteiger partial charge in [0.25, 0.3) is 5.91 Å². The molecule has 1 N–H and O–H groups in total. The van der Waals surface area contributed by atoms with E-state index >= 15 is 0 Å². The zero-order valence-corrected chi connectivity index (χ0v) is 16.5. The molecule has 0 spiro atoms. The Bertz CT molecular complexity index is 641. The van der Waals surface area contributed by atoms with E-state index in [1.165, 1.54) is 0 Å². The number of amides is 2. The minimum Gasteiger partial charge on any atom is -0.373 e. The molecule has 1 aliphatic heterocycles. The highest BCUT2D eigenvalue weighted by Crippen LogP contribution is 2.19. The number of hydrogen-bond donors (Lipinski definition) is 1. The van der Waals surface area contributed by atoms with E-state index in [2.05, 4.69) is 10.2 Å². The molecule has 0 aliphatic carbocycles. The van der Waals surface area contributed by atoms with Crippen LogP contribution in [0.4, 0.5) is 5.69 Å². The molecule has 0 bridgehead atoms. The van der Waals surface area contributed by atoms with Gasteiger partial charge in [-0.15, -0.1) is 0 Å². The Morgan fingerprint density at radius 3 is 2.62 bits per heavy atom. The van der Waals surface area contributed by atoms with Crippen LogP contribution in [0, 0.1) is 0 Å². The van der Waals surface area contributed by atoms with Gasteiger partial charge in [0.05, 0.1) is 18.2 Å². The molecule has 0 radical (unpaired) electrons. The van der Waals surface area contributed by atoms with E-state index in [4.69, 9.17) is 4.74 Å². The molecule has 144 valence electrons. The normalized spacial score (nSPS) is 18.2. The minimum absolute atomic E-state index is 0.0194. The molecule has 2 amide bonds. The average Bonchev–Trinajstić information content (AvgIpc) is 2.61. The molecule has 1 unspecified atom stereocenters. The first-order valence-electron chi connectivity index (χ1n) is 9.35. The molecule has 1 aromatic carbocycles. The van der Waals surface area contributed by atoms with Crippen molar-refractivity contribution in [3.05, 3.63) is 29.8 Å². The molecule has 1 saturated heterocycles. The summed E-state index contributed by atoms with van der Waals surface area (Å²) in [5.41, 5.74) is 0.988. The Hall–Kier alpha value is -1.92. The molecule has 1 aromatic rings. The maximum atomic E-state index is 12.7. The molecule has 6 nitrogen and oxygen atoms in total. The zero-order chi connectivity index (χ0) is 19.3. The number of hydrogen-bond acceptors (Lipinski definition) is 4. The summed E-state index contributed by atoms with van der Waals surface area (Å²) in [6, 6.07) is 6.88. The summed E-state index contributed by atoms with van der Waals surface area (Å²) >= 11 is 0. The number of morpholine rings is 1. The van der Waals surface area contributed by atoms with Crippen molar-refractivity contribution in [1.82, 2.24) is 9.80 Å². The van der Waals surface area contributed by atoms with Crippen molar-refractivity contribution in [3.63, 3.8) is 0 Å². The number of benzene rings is 1. The number of ether oxygens (including phenoxy) is 1. The third-order valence-electron chi connectivity index (χ3n) is 4.81. The van der Waals surface area contributed by atoms with Crippen molar-refractivity contribution in [2.45, 2.75) is 46.3 Å². The van der Waals surface area contributed by atoms with E-state index in [0.717, 1.165) is 6.54 Å². The van der Waals surface area contributed by atoms with E-state index in [1.807, 2.05) is 40.7 Å². The van der Waals surface area contributed by atoms with Gasteiger partial charge in [0.15, 0.2) is 0 Å². The third kappa shape index (κ3) is 5.05. The number of nitrogens with zero attached hydrogens (tertiary/aromatic N) is 2. The molecule has 1 fully saturated rings. The van der Waals surface area contributed by atoms with Crippen LogP contribution in [0.1, 0.15) is 45.0 Å². The highest BCUT2D eigenvalue weighted by atomic mass is 16.5. The van der Waals surface area contributed by atoms with Gasteiger partial charge in [-0.25, -0.2) is 0 Å². The maximum Gasteiger partial charge on any atom is 0.253 e. The van der Waals surface area contributed by atoms with E-state index in [-0.39, 0.29) is 23.5 Å². The van der Waals surface area contributed by atoms with Crippen LogP contribution in [0.25, 0.3) is 0 Å². The molecule has 26 heavy (non-hydrogen) atoms. The van der Waals surface area contributed by atoms with Gasteiger partial charge in [0.2, 0.25) is 5.91 Å². The highest BCUT2D eigenvalue weighted by Gasteiger charge is 2.32. The molecular formula is C20H31N3O3. The lowest BCUT2D eigenvalue weighted by atomic mass is 10.1. The van der Waals surface area contributed by atoms with Crippen molar-refractivity contribution in [2.75, 3.05) is 38.1 Å². The number of rotatable bonds is 6. The molecule has 6 heteroatoms. The average molecular weight is 361 g/mol. The Morgan fingerprint density at radius 1 is 1.31 bits per heavy atom. The maximum absolute atomic E-state index is 12.7. The van der Waals surface area contributed by atoms with Crippen LogP contribution in [-0.4, -0.2) is 66.0 Å². The summed E-state index contributed by atoms with van der Waals surface area (Å²) in [7, 11) is 0. The predicted molar refractivity (Wildman–Crippen MR) is 103 cm³/mol. The van der Waals surface area contributed by atoms with Gasteiger partial charge in [0, 0.05) is 37.4 Å². The number of carbonyl (C=O) groups is 2. The first-order valence-corrected chi connectivity index (χ1v) is 9.35. The zero-order valence-electron chi connectivity index (χ0n) is 16.5. The van der Waals surface area contributed by atoms with Crippen LogP contribution >= 0.6 is 0 Å². The Morgan fingerprint density at radius 2 is 2.00 bits per heavy atom. The quantitative estimate of drug-likeness (QED) is 0.846. The summed E-state index contributed by atoms with van der Waals surface area (Å²) in [4.78, 5) is 29.0. The fourth-order valence-corrected chi connectivity index (χ4v) is 3.22. The summed E-state index contributed by atoms with van der Waals surface area (Å²) < 4.78 is 5.71. The smallest absolute Gasteiger partial charge is 0.253 e. The second-order valence-electron chi connectivity index (χ2n) is 7.30. The lowest BCUT2D eigenvalue weighted by molar-refractivity contribution is -0.129. The first kappa shape index (κ1) is 20.4. The Kier molecular flexibility index (Phi) is 6.78. The second-order valence-corrected chi connectivity index (χ2v) is 7.30. The van der Waals surface area contributed by atoms with Crippen LogP contribution in [0.5, 0.6) is 0 Å². The molecule has 2 rings (SSSR count). The molecule has 1 heterocycles. The van der Waals surface area contributed by atoms with Crippen molar-refractivity contribution < 1.29 is 14.3 Å². The highest BCUT2D eigenvalue weighted by molar-refractivity contribution is 5.98. The third-order valence-corrected chi connectivity index (χ3v) is 4.81. The van der Waals surface area contributed by atoms with Crippen LogP contribution in [0.15, 0.2) is 24.3 Å². The van der Waals surface area contributed by atoms with Gasteiger partial charge in [-0.1, -0.05) is 6.07 Å². The summed E-state index contributed by atoms with van der Waals surface area (Å²) in [5, 5.41) is 2.94. The number of anilines is 1. The lowest BCUT2D eigenvalue weighted by Crippen LogP contribution is -2.54. The lowest BCUT2D eigenvalue weighted by Gasteiger charge is -2.40. The van der Waals surface area contributed by atoms with Crippen LogP contribution < -0.4 is 5.32 Å². The van der Waals surface area contributed by atoms with E-state index in [9.17, 15) is 9.59 Å². The summed E-state index contributed by atoms with van der Waals surface area (Å²) in [5.74, 6) is -0.0933. The van der Waals surface area contributed by atoms with Crippen LogP contribution in [0.2, 0.25) is 0 Å². The van der Waals surface area contributed by atoms with E-state index < -0.39 is 0 Å². The topological polar surface area (TPSA) is 61.9 Å². The van der Waals surface area contributed by atoms with Crippen LogP contribution in [0.3, 0.4) is 0 Å². The van der Waals surface area contributed by atoms with Crippen molar-refractivity contribution in [3.8, 4) is 0 Å². The van der Waals surface area contributed by atoms with Crippen molar-refractivity contribution in [2.24, 2.45) is 0 Å². The van der Waals surface area contributed by atoms with Crippen molar-refractivity contribution >= 4 is 17.5 Å². The predicted octanol–water partition coefficient (Wildman–Crippen LogP) is 2.61. The molecule has 0 aromatic heterocycles. The Balaban J connectivity index is 2.05. The first-order chi connectivity index (χ1) is 12.3. The van der Waals surface area contributed by atoms with Gasteiger partial charge < -0.3 is 15.0 Å². The molecule has 0 saturated carbocycles. The fourth-order valence-electron chi connectivity index (χ4n) is 3.22. The standard InChI is InChI=1S/C20H31N3O3/c1-6-22(7-2)19(25)16-9-8-10-17(13-16)21-18(24)15(3)23-11-12-26-20(4,5)14-23/h8-10,13,15H,6-7,11-12,14H2,1-5H3,(H,21,24). The summed E-state index contributed by atoms with van der Waals surface area (Å²) in [6.07, 6.45) is 0. The second kappa shape index (κ2) is 8.64. The van der Waals surface area contributed by atoms with Crippen molar-refractivity contribution in [1.29, 1.82) is 0 Å². The minimum atomic E-state index is -0.264. The van der Waals surface area contributed by atoms with Gasteiger partial charge >= 0.3 is 0 Å². The van der Waals surface area contributed by atoms with E-state index in [1.54, 1.807) is 23.1 Å². The van der Waals surface area contributed by atoms with Crippen LogP contribution in [-0.2, 0) is 9.53 Å². The van der Waals surface area contributed by atoms with Gasteiger partial charge in [-0.3, -0.25) is 14.5 Å². The van der Waals surface area contributed by atoms with E-state index in [0.29, 0.717) is 37.5 Å². The van der Waals surface area contributed by atoms with Gasteiger partial charge in [-0.2, -0.15) is 0 Å². The SMILES string of the molecule is CCN(CC)C(=O)c1cccc(NC(=O)C(C)N2CCOC(C)(C)C2)c1.